The zero-order chi connectivity index (χ0) is 17.3. The lowest BCUT2D eigenvalue weighted by molar-refractivity contribution is -0.396. The minimum atomic E-state index is -6.94. The number of hydrogen-bond acceptors (Lipinski definition) is 1. The van der Waals surface area contributed by atoms with Gasteiger partial charge in [-0.25, -0.2) is 0 Å². The molecule has 2 N–H and O–H groups in total. The SMILES string of the molecule is O=P(O)(O)CCCCC(F)(F)C(F)(F)C(F)(F)C(F)(F)F. The van der Waals surface area contributed by atoms with E-state index in [0.717, 1.165) is 0 Å². The van der Waals surface area contributed by atoms with Gasteiger partial charge in [0, 0.05) is 12.6 Å². The van der Waals surface area contributed by atoms with Crippen molar-refractivity contribution < 1.29 is 53.9 Å². The molecule has 128 valence electrons. The van der Waals surface area contributed by atoms with E-state index in [1.165, 1.54) is 0 Å². The summed E-state index contributed by atoms with van der Waals surface area (Å²) in [5.74, 6) is -19.3. The smallest absolute Gasteiger partial charge is 0.324 e. The van der Waals surface area contributed by atoms with Crippen LogP contribution >= 0.6 is 7.60 Å². The quantitative estimate of drug-likeness (QED) is 0.415. The molecule has 0 aliphatic carbocycles. The molecule has 0 heterocycles. The molecule has 0 spiro atoms. The number of hydrogen-bond donors (Lipinski definition) is 2. The molecule has 0 aromatic rings. The van der Waals surface area contributed by atoms with Crippen LogP contribution in [0.25, 0.3) is 0 Å². The Hall–Kier alpha value is -0.480. The van der Waals surface area contributed by atoms with Gasteiger partial charge in [0.1, 0.15) is 0 Å². The summed E-state index contributed by atoms with van der Waals surface area (Å²) in [5.41, 5.74) is 0. The fourth-order valence-corrected chi connectivity index (χ4v) is 1.87. The van der Waals surface area contributed by atoms with Crippen LogP contribution in [0.3, 0.4) is 0 Å². The molecule has 13 heteroatoms. The molecule has 0 rings (SSSR count). The Morgan fingerprint density at radius 2 is 1.19 bits per heavy atom. The second-order valence-corrected chi connectivity index (χ2v) is 5.97. The molecular weight excluding hydrogens is 346 g/mol. The normalized spacial score (nSPS) is 15.4. The average molecular weight is 356 g/mol. The summed E-state index contributed by atoms with van der Waals surface area (Å²) in [6.45, 7) is 0. The Kier molecular flexibility index (Phi) is 5.82. The summed E-state index contributed by atoms with van der Waals surface area (Å²) in [6.07, 6.45) is -11.7. The zero-order valence-corrected chi connectivity index (χ0v) is 10.9. The van der Waals surface area contributed by atoms with Crippen LogP contribution in [0.15, 0.2) is 0 Å². The molecule has 0 atom stereocenters. The van der Waals surface area contributed by atoms with E-state index in [1.54, 1.807) is 0 Å². The second-order valence-electron chi connectivity index (χ2n) is 4.20. The van der Waals surface area contributed by atoms with Gasteiger partial charge in [0.2, 0.25) is 0 Å². The topological polar surface area (TPSA) is 57.5 Å². The molecule has 0 radical (unpaired) electrons. The molecule has 0 aromatic heterocycles. The maximum Gasteiger partial charge on any atom is 0.460 e. The van der Waals surface area contributed by atoms with Gasteiger partial charge in [-0.2, -0.15) is 39.5 Å². The van der Waals surface area contributed by atoms with Crippen molar-refractivity contribution in [3.63, 3.8) is 0 Å². The van der Waals surface area contributed by atoms with Gasteiger partial charge in [-0.3, -0.25) is 4.57 Å². The van der Waals surface area contributed by atoms with Gasteiger partial charge in [-0.1, -0.05) is 0 Å². The Bertz CT molecular complexity index is 400. The van der Waals surface area contributed by atoms with Crippen LogP contribution in [0, 0.1) is 0 Å². The van der Waals surface area contributed by atoms with Crippen LogP contribution in [0.1, 0.15) is 19.3 Å². The molecule has 0 unspecified atom stereocenters. The van der Waals surface area contributed by atoms with E-state index >= 15 is 0 Å². The summed E-state index contributed by atoms with van der Waals surface area (Å²) in [6, 6.07) is 0. The lowest BCUT2D eigenvalue weighted by atomic mass is 9.99. The number of halogens is 9. The summed E-state index contributed by atoms with van der Waals surface area (Å²) >= 11 is 0. The van der Waals surface area contributed by atoms with E-state index in [4.69, 9.17) is 9.79 Å². The van der Waals surface area contributed by atoms with Crippen LogP contribution in [-0.4, -0.2) is 39.9 Å². The van der Waals surface area contributed by atoms with Crippen molar-refractivity contribution in [2.75, 3.05) is 6.16 Å². The lowest BCUT2D eigenvalue weighted by Crippen LogP contribution is -2.60. The zero-order valence-electron chi connectivity index (χ0n) is 9.98. The van der Waals surface area contributed by atoms with Crippen LogP contribution in [-0.2, 0) is 4.57 Å². The minimum Gasteiger partial charge on any atom is -0.324 e. The predicted octanol–water partition coefficient (Wildman–Crippen LogP) is 3.80. The van der Waals surface area contributed by atoms with Crippen molar-refractivity contribution in [1.29, 1.82) is 0 Å². The van der Waals surface area contributed by atoms with E-state index in [9.17, 15) is 44.1 Å². The van der Waals surface area contributed by atoms with E-state index in [0.29, 0.717) is 0 Å². The third-order valence-electron chi connectivity index (χ3n) is 2.40. The Morgan fingerprint density at radius 1 is 0.762 bits per heavy atom. The molecule has 3 nitrogen and oxygen atoms in total. The standard InChI is InChI=1S/C8H10F9O3P/c9-5(10,3-1-2-4-21(18,19)20)6(11,12)7(13,14)8(15,16)17/h1-4H2,(H2,18,19,20). The molecule has 0 aromatic carbocycles. The molecule has 0 saturated heterocycles. The molecule has 0 fully saturated rings. The molecule has 0 bridgehead atoms. The van der Waals surface area contributed by atoms with Gasteiger partial charge in [-0.15, -0.1) is 0 Å². The minimum absolute atomic E-state index is 0.743. The third kappa shape index (κ3) is 4.75. The first kappa shape index (κ1) is 20.5. The monoisotopic (exact) mass is 356 g/mol. The highest BCUT2D eigenvalue weighted by Crippen LogP contribution is 2.54. The van der Waals surface area contributed by atoms with Crippen molar-refractivity contribution in [1.82, 2.24) is 0 Å². The summed E-state index contributed by atoms with van der Waals surface area (Å²) < 4.78 is 122. The number of alkyl halides is 9. The Balaban J connectivity index is 4.93. The first-order chi connectivity index (χ1) is 8.96. The molecular formula is C8H10F9O3P. The van der Waals surface area contributed by atoms with E-state index < -0.39 is 57.0 Å². The van der Waals surface area contributed by atoms with Crippen molar-refractivity contribution in [2.45, 2.75) is 43.2 Å². The molecule has 0 aliphatic heterocycles. The van der Waals surface area contributed by atoms with Crippen molar-refractivity contribution in [3.8, 4) is 0 Å². The summed E-state index contributed by atoms with van der Waals surface area (Å²) in [7, 11) is -4.61. The molecule has 0 aliphatic rings. The average Bonchev–Trinajstić information content (AvgIpc) is 2.21. The highest BCUT2D eigenvalue weighted by atomic mass is 31.2. The first-order valence-electron chi connectivity index (χ1n) is 5.20. The number of rotatable bonds is 7. The van der Waals surface area contributed by atoms with Gasteiger partial charge in [0.25, 0.3) is 0 Å². The number of unbranched alkanes of at least 4 members (excludes halogenated alkanes) is 1. The Labute approximate surface area is 112 Å². The highest BCUT2D eigenvalue weighted by molar-refractivity contribution is 7.51. The van der Waals surface area contributed by atoms with Gasteiger partial charge in [0.15, 0.2) is 0 Å². The van der Waals surface area contributed by atoms with Crippen LogP contribution in [0.5, 0.6) is 0 Å². The maximum atomic E-state index is 12.9. The van der Waals surface area contributed by atoms with E-state index in [2.05, 4.69) is 0 Å². The maximum absolute atomic E-state index is 12.9. The van der Waals surface area contributed by atoms with Crippen LogP contribution < -0.4 is 0 Å². The van der Waals surface area contributed by atoms with Crippen molar-refractivity contribution in [3.05, 3.63) is 0 Å². The molecule has 21 heavy (non-hydrogen) atoms. The fourth-order valence-electron chi connectivity index (χ4n) is 1.23. The predicted molar refractivity (Wildman–Crippen MR) is 51.7 cm³/mol. The van der Waals surface area contributed by atoms with Gasteiger partial charge < -0.3 is 9.79 Å². The highest BCUT2D eigenvalue weighted by Gasteiger charge is 2.81. The lowest BCUT2D eigenvalue weighted by Gasteiger charge is -2.33. The third-order valence-corrected chi connectivity index (χ3v) is 3.30. The Morgan fingerprint density at radius 3 is 1.52 bits per heavy atom. The van der Waals surface area contributed by atoms with E-state index in [-0.39, 0.29) is 0 Å². The van der Waals surface area contributed by atoms with Crippen LogP contribution in [0.2, 0.25) is 0 Å². The van der Waals surface area contributed by atoms with Crippen LogP contribution in [0.4, 0.5) is 39.5 Å². The second kappa shape index (κ2) is 5.96. The molecule has 0 saturated carbocycles. The van der Waals surface area contributed by atoms with Crippen molar-refractivity contribution in [2.24, 2.45) is 0 Å². The van der Waals surface area contributed by atoms with Gasteiger partial charge >= 0.3 is 31.5 Å². The first-order valence-corrected chi connectivity index (χ1v) is 7.00. The summed E-state index contributed by atoms with van der Waals surface area (Å²) in [5, 5.41) is 0. The van der Waals surface area contributed by atoms with E-state index in [1.807, 2.05) is 0 Å². The fraction of sp³-hybridized carbons (Fsp3) is 1.00. The summed E-state index contributed by atoms with van der Waals surface area (Å²) in [4.78, 5) is 16.7. The van der Waals surface area contributed by atoms with Crippen molar-refractivity contribution >= 4 is 7.60 Å². The van der Waals surface area contributed by atoms with Gasteiger partial charge in [-0.05, 0) is 12.8 Å². The molecule has 0 amide bonds. The van der Waals surface area contributed by atoms with Gasteiger partial charge in [0.05, 0.1) is 0 Å². The largest absolute Gasteiger partial charge is 0.460 e.